The van der Waals surface area contributed by atoms with Crippen LogP contribution >= 0.6 is 0 Å². The molecule has 0 aliphatic rings. The second-order valence-electron chi connectivity index (χ2n) is 5.37. The van der Waals surface area contributed by atoms with Gasteiger partial charge in [0.15, 0.2) is 0 Å². The third-order valence-electron chi connectivity index (χ3n) is 3.56. The summed E-state index contributed by atoms with van der Waals surface area (Å²) in [4.78, 5) is 15.1. The molecule has 23 heavy (non-hydrogen) atoms. The van der Waals surface area contributed by atoms with Crippen molar-refractivity contribution >= 4 is 22.8 Å². The lowest BCUT2D eigenvalue weighted by atomic mass is 10.1. The van der Waals surface area contributed by atoms with Gasteiger partial charge in [0.1, 0.15) is 0 Å². The Hall–Kier alpha value is -2.80. The third kappa shape index (κ3) is 3.51. The molecule has 0 radical (unpaired) electrons. The van der Waals surface area contributed by atoms with Crippen molar-refractivity contribution in [2.75, 3.05) is 11.9 Å². The van der Waals surface area contributed by atoms with Gasteiger partial charge < -0.3 is 19.9 Å². The van der Waals surface area contributed by atoms with Gasteiger partial charge in [-0.1, -0.05) is 23.4 Å². The fourth-order valence-electron chi connectivity index (χ4n) is 2.48. The number of carbonyl (C=O) groups excluding carboxylic acids is 1. The Kier molecular flexibility index (Phi) is 4.29. The maximum absolute atomic E-state index is 12.0. The van der Waals surface area contributed by atoms with Gasteiger partial charge in [0.25, 0.3) is 0 Å². The van der Waals surface area contributed by atoms with E-state index in [9.17, 15) is 9.90 Å². The number of H-pyrrole nitrogens is 1. The van der Waals surface area contributed by atoms with Gasteiger partial charge in [-0.2, -0.15) is 0 Å². The van der Waals surface area contributed by atoms with E-state index in [1.165, 1.54) is 0 Å². The van der Waals surface area contributed by atoms with Crippen LogP contribution in [0.15, 0.2) is 41.1 Å². The standard InChI is InChI=1S/C16H18N4O3/c1-10-6-15(23-20-10)19-16(22)18-12(9-21)7-11-8-17-14-5-3-2-4-13(11)14/h2-6,8,12,17,21H,7,9H2,1H3,(H2,18,19,22). The molecule has 3 aromatic rings. The number of benzene rings is 1. The van der Waals surface area contributed by atoms with Crippen LogP contribution in [0.2, 0.25) is 0 Å². The fourth-order valence-corrected chi connectivity index (χ4v) is 2.48. The molecule has 0 bridgehead atoms. The Balaban J connectivity index is 1.64. The lowest BCUT2D eigenvalue weighted by Crippen LogP contribution is -2.41. The molecule has 0 aliphatic carbocycles. The number of urea groups is 1. The van der Waals surface area contributed by atoms with E-state index < -0.39 is 12.1 Å². The lowest BCUT2D eigenvalue weighted by Gasteiger charge is -2.15. The number of nitrogens with one attached hydrogen (secondary N) is 3. The summed E-state index contributed by atoms with van der Waals surface area (Å²) in [5.41, 5.74) is 2.74. The van der Waals surface area contributed by atoms with Crippen molar-refractivity contribution in [2.45, 2.75) is 19.4 Å². The first-order chi connectivity index (χ1) is 11.2. The first-order valence-corrected chi connectivity index (χ1v) is 7.32. The maximum atomic E-state index is 12.0. The van der Waals surface area contributed by atoms with Crippen molar-refractivity contribution in [3.05, 3.63) is 47.8 Å². The molecule has 0 fully saturated rings. The molecule has 2 aromatic heterocycles. The summed E-state index contributed by atoms with van der Waals surface area (Å²) in [6.07, 6.45) is 2.41. The topological polar surface area (TPSA) is 103 Å². The minimum absolute atomic E-state index is 0.164. The number of aliphatic hydroxyl groups is 1. The summed E-state index contributed by atoms with van der Waals surface area (Å²) in [6.45, 7) is 1.60. The number of rotatable bonds is 5. The number of aromatic nitrogens is 2. The van der Waals surface area contributed by atoms with Crippen LogP contribution < -0.4 is 10.6 Å². The van der Waals surface area contributed by atoms with E-state index in [-0.39, 0.29) is 12.5 Å². The molecule has 2 amide bonds. The van der Waals surface area contributed by atoms with Crippen molar-refractivity contribution in [1.29, 1.82) is 0 Å². The zero-order valence-electron chi connectivity index (χ0n) is 12.7. The van der Waals surface area contributed by atoms with Crippen LogP contribution in [0, 0.1) is 6.92 Å². The van der Waals surface area contributed by atoms with Crippen LogP contribution in [0.4, 0.5) is 10.7 Å². The number of fused-ring (bicyclic) bond motifs is 1. The Morgan fingerprint density at radius 2 is 2.26 bits per heavy atom. The molecule has 1 unspecified atom stereocenters. The first kappa shape index (κ1) is 15.1. The largest absolute Gasteiger partial charge is 0.394 e. The van der Waals surface area contributed by atoms with Crippen molar-refractivity contribution in [3.8, 4) is 0 Å². The van der Waals surface area contributed by atoms with Gasteiger partial charge in [-0.3, -0.25) is 5.32 Å². The Bertz CT molecular complexity index is 808. The fraction of sp³-hybridized carbons (Fsp3) is 0.250. The van der Waals surface area contributed by atoms with Crippen molar-refractivity contribution < 1.29 is 14.4 Å². The normalized spacial score (nSPS) is 12.3. The van der Waals surface area contributed by atoms with Crippen LogP contribution in [0.5, 0.6) is 0 Å². The molecule has 0 saturated carbocycles. The predicted octanol–water partition coefficient (Wildman–Crippen LogP) is 2.19. The Morgan fingerprint density at radius 1 is 1.43 bits per heavy atom. The highest BCUT2D eigenvalue weighted by Gasteiger charge is 2.15. The number of carbonyl (C=O) groups is 1. The van der Waals surface area contributed by atoms with Crippen molar-refractivity contribution in [3.63, 3.8) is 0 Å². The number of aromatic amines is 1. The number of aliphatic hydroxyl groups excluding tert-OH is 1. The molecular weight excluding hydrogens is 296 g/mol. The van der Waals surface area contributed by atoms with Crippen molar-refractivity contribution in [1.82, 2.24) is 15.5 Å². The Labute approximate surface area is 132 Å². The highest BCUT2D eigenvalue weighted by Crippen LogP contribution is 2.19. The monoisotopic (exact) mass is 314 g/mol. The average molecular weight is 314 g/mol. The average Bonchev–Trinajstić information content (AvgIpc) is 3.13. The number of amides is 2. The lowest BCUT2D eigenvalue weighted by molar-refractivity contribution is 0.223. The van der Waals surface area contributed by atoms with Gasteiger partial charge >= 0.3 is 6.03 Å². The van der Waals surface area contributed by atoms with E-state index in [0.29, 0.717) is 12.1 Å². The van der Waals surface area contributed by atoms with E-state index in [1.54, 1.807) is 13.0 Å². The first-order valence-electron chi connectivity index (χ1n) is 7.32. The number of para-hydroxylation sites is 1. The second kappa shape index (κ2) is 6.53. The highest BCUT2D eigenvalue weighted by molar-refractivity contribution is 5.88. The molecule has 1 aromatic carbocycles. The second-order valence-corrected chi connectivity index (χ2v) is 5.37. The number of anilines is 1. The SMILES string of the molecule is Cc1cc(NC(=O)NC(CO)Cc2c[nH]c3ccccc23)on1. The molecule has 0 saturated heterocycles. The molecule has 7 nitrogen and oxygen atoms in total. The van der Waals surface area contributed by atoms with Gasteiger partial charge in [0.05, 0.1) is 18.3 Å². The highest BCUT2D eigenvalue weighted by atomic mass is 16.5. The van der Waals surface area contributed by atoms with Gasteiger partial charge in [-0.05, 0) is 25.0 Å². The molecule has 2 heterocycles. The van der Waals surface area contributed by atoms with Gasteiger partial charge in [-0.15, -0.1) is 0 Å². The van der Waals surface area contributed by atoms with Crippen LogP contribution in [0.1, 0.15) is 11.3 Å². The van der Waals surface area contributed by atoms with Crippen LogP contribution in [0.25, 0.3) is 10.9 Å². The summed E-state index contributed by atoms with van der Waals surface area (Å²) in [5.74, 6) is 0.267. The van der Waals surface area contributed by atoms with E-state index in [1.807, 2.05) is 30.5 Å². The molecule has 120 valence electrons. The molecule has 4 N–H and O–H groups in total. The number of nitrogens with zero attached hydrogens (tertiary/aromatic N) is 1. The van der Waals surface area contributed by atoms with Gasteiger partial charge in [-0.25, -0.2) is 4.79 Å². The summed E-state index contributed by atoms with van der Waals surface area (Å²) < 4.78 is 4.92. The Morgan fingerprint density at radius 3 is 3.00 bits per heavy atom. The van der Waals surface area contributed by atoms with Gasteiger partial charge in [0.2, 0.25) is 5.88 Å². The van der Waals surface area contributed by atoms with Crippen LogP contribution in [-0.4, -0.2) is 33.9 Å². The summed E-state index contributed by atoms with van der Waals surface area (Å²) in [7, 11) is 0. The minimum atomic E-state index is -0.444. The summed E-state index contributed by atoms with van der Waals surface area (Å²) >= 11 is 0. The van der Waals surface area contributed by atoms with E-state index in [0.717, 1.165) is 16.5 Å². The minimum Gasteiger partial charge on any atom is -0.394 e. The molecule has 1 atom stereocenters. The van der Waals surface area contributed by atoms with Crippen LogP contribution in [0.3, 0.4) is 0 Å². The smallest absolute Gasteiger partial charge is 0.321 e. The molecule has 3 rings (SSSR count). The van der Waals surface area contributed by atoms with E-state index in [4.69, 9.17) is 4.52 Å². The number of hydrogen-bond acceptors (Lipinski definition) is 4. The van der Waals surface area contributed by atoms with E-state index >= 15 is 0 Å². The predicted molar refractivity (Wildman–Crippen MR) is 86.3 cm³/mol. The van der Waals surface area contributed by atoms with E-state index in [2.05, 4.69) is 20.8 Å². The molecule has 0 aliphatic heterocycles. The maximum Gasteiger partial charge on any atom is 0.321 e. The number of aryl methyl sites for hydroxylation is 1. The molecular formula is C16H18N4O3. The summed E-state index contributed by atoms with van der Waals surface area (Å²) in [5, 5.41) is 19.6. The third-order valence-corrected chi connectivity index (χ3v) is 3.56. The van der Waals surface area contributed by atoms with Crippen molar-refractivity contribution in [2.24, 2.45) is 0 Å². The molecule has 7 heteroatoms. The molecule has 0 spiro atoms. The zero-order valence-corrected chi connectivity index (χ0v) is 12.7. The van der Waals surface area contributed by atoms with Crippen LogP contribution in [-0.2, 0) is 6.42 Å². The number of hydrogen-bond donors (Lipinski definition) is 4. The quantitative estimate of drug-likeness (QED) is 0.579. The summed E-state index contributed by atoms with van der Waals surface area (Å²) in [6, 6.07) is 8.68. The van der Waals surface area contributed by atoms with Gasteiger partial charge in [0, 0.05) is 23.2 Å². The zero-order chi connectivity index (χ0) is 16.2.